The van der Waals surface area contributed by atoms with Gasteiger partial charge in [-0.25, -0.2) is 4.79 Å². The lowest BCUT2D eigenvalue weighted by Crippen LogP contribution is -2.04. The number of carboxylic acid groups (broad SMARTS) is 1. The van der Waals surface area contributed by atoms with Gasteiger partial charge in [-0.05, 0) is 44.0 Å². The second-order valence-electron chi connectivity index (χ2n) is 4.33. The van der Waals surface area contributed by atoms with E-state index in [1.54, 1.807) is 13.0 Å². The number of aryl methyl sites for hydroxylation is 3. The van der Waals surface area contributed by atoms with Gasteiger partial charge in [-0.15, -0.1) is 0 Å². The van der Waals surface area contributed by atoms with Gasteiger partial charge in [0, 0.05) is 5.56 Å². The molecule has 4 heteroatoms. The quantitative estimate of drug-likeness (QED) is 0.879. The fourth-order valence-corrected chi connectivity index (χ4v) is 1.71. The van der Waals surface area contributed by atoms with Crippen LogP contribution in [0.4, 0.5) is 0 Å². The molecule has 0 saturated carbocycles. The van der Waals surface area contributed by atoms with Crippen LogP contribution in [0.15, 0.2) is 24.3 Å². The van der Waals surface area contributed by atoms with Gasteiger partial charge in [0.25, 0.3) is 0 Å². The molecule has 4 nitrogen and oxygen atoms in total. The molecule has 1 heterocycles. The molecule has 2 aromatic rings. The van der Waals surface area contributed by atoms with Crippen LogP contribution >= 0.6 is 0 Å². The van der Waals surface area contributed by atoms with Crippen LogP contribution in [0, 0.1) is 20.8 Å². The van der Waals surface area contributed by atoms with Crippen LogP contribution in [0.25, 0.3) is 11.3 Å². The molecule has 1 aromatic heterocycles. The number of aromatic nitrogens is 2. The summed E-state index contributed by atoms with van der Waals surface area (Å²) < 4.78 is 0. The minimum atomic E-state index is -0.979. The Morgan fingerprint density at radius 1 is 1.06 bits per heavy atom. The zero-order valence-electron chi connectivity index (χ0n) is 10.6. The van der Waals surface area contributed by atoms with Crippen LogP contribution in [0.2, 0.25) is 0 Å². The highest BCUT2D eigenvalue weighted by atomic mass is 16.4. The van der Waals surface area contributed by atoms with E-state index in [9.17, 15) is 4.79 Å². The molecule has 2 rings (SSSR count). The zero-order valence-corrected chi connectivity index (χ0v) is 10.6. The second-order valence-corrected chi connectivity index (χ2v) is 4.33. The summed E-state index contributed by atoms with van der Waals surface area (Å²) in [7, 11) is 0. The third-order valence-corrected chi connectivity index (χ3v) is 3.01. The van der Waals surface area contributed by atoms with E-state index < -0.39 is 5.97 Å². The molecule has 0 amide bonds. The molecule has 0 fully saturated rings. The molecule has 0 spiro atoms. The number of aromatic carboxylic acids is 1. The number of carboxylic acids is 1. The molecule has 18 heavy (non-hydrogen) atoms. The SMILES string of the molecule is Cc1ccc(-c2cc(C(=O)O)c(C)nn2)cc1C. The van der Waals surface area contributed by atoms with E-state index in [0.717, 1.165) is 11.1 Å². The van der Waals surface area contributed by atoms with Crippen molar-refractivity contribution in [3.05, 3.63) is 46.6 Å². The summed E-state index contributed by atoms with van der Waals surface area (Å²) in [6.45, 7) is 5.68. The van der Waals surface area contributed by atoms with Crippen molar-refractivity contribution in [3.8, 4) is 11.3 Å². The highest BCUT2D eigenvalue weighted by Crippen LogP contribution is 2.21. The summed E-state index contributed by atoms with van der Waals surface area (Å²) in [5, 5.41) is 17.0. The van der Waals surface area contributed by atoms with Crippen molar-refractivity contribution in [1.29, 1.82) is 0 Å². The third kappa shape index (κ3) is 2.22. The van der Waals surface area contributed by atoms with Crippen LogP contribution in [-0.4, -0.2) is 21.3 Å². The van der Waals surface area contributed by atoms with Gasteiger partial charge >= 0.3 is 5.97 Å². The lowest BCUT2D eigenvalue weighted by molar-refractivity contribution is 0.0695. The smallest absolute Gasteiger partial charge is 0.337 e. The highest BCUT2D eigenvalue weighted by Gasteiger charge is 2.11. The Morgan fingerprint density at radius 2 is 1.78 bits per heavy atom. The standard InChI is InChI=1S/C14H14N2O2/c1-8-4-5-11(6-9(8)2)13-7-12(14(17)18)10(3)15-16-13/h4-7H,1-3H3,(H,17,18). The number of hydrogen-bond donors (Lipinski definition) is 1. The second kappa shape index (κ2) is 4.56. The summed E-state index contributed by atoms with van der Waals surface area (Å²) in [6, 6.07) is 7.47. The van der Waals surface area contributed by atoms with E-state index in [1.165, 1.54) is 5.56 Å². The van der Waals surface area contributed by atoms with Crippen molar-refractivity contribution in [2.24, 2.45) is 0 Å². The number of hydrogen-bond acceptors (Lipinski definition) is 3. The first-order valence-corrected chi connectivity index (χ1v) is 5.64. The van der Waals surface area contributed by atoms with Crippen LogP contribution < -0.4 is 0 Å². The molecule has 1 N–H and O–H groups in total. The number of carbonyl (C=O) groups is 1. The predicted molar refractivity (Wildman–Crippen MR) is 68.6 cm³/mol. The van der Waals surface area contributed by atoms with Gasteiger partial charge in [0.1, 0.15) is 0 Å². The Hall–Kier alpha value is -2.23. The Kier molecular flexibility index (Phi) is 3.10. The summed E-state index contributed by atoms with van der Waals surface area (Å²) in [5.41, 5.74) is 4.42. The molecule has 0 bridgehead atoms. The molecule has 0 aliphatic rings. The first-order valence-electron chi connectivity index (χ1n) is 5.64. The van der Waals surface area contributed by atoms with E-state index in [4.69, 9.17) is 5.11 Å². The van der Waals surface area contributed by atoms with Gasteiger partial charge < -0.3 is 5.11 Å². The average Bonchev–Trinajstić information content (AvgIpc) is 2.33. The van der Waals surface area contributed by atoms with E-state index in [-0.39, 0.29) is 5.56 Å². The van der Waals surface area contributed by atoms with Gasteiger partial charge in [0.05, 0.1) is 17.0 Å². The molecule has 0 radical (unpaired) electrons. The maximum atomic E-state index is 11.1. The van der Waals surface area contributed by atoms with Crippen LogP contribution in [0.1, 0.15) is 27.2 Å². The maximum absolute atomic E-state index is 11.1. The molecular formula is C14H14N2O2. The molecule has 0 saturated heterocycles. The van der Waals surface area contributed by atoms with Crippen molar-refractivity contribution in [2.75, 3.05) is 0 Å². The van der Waals surface area contributed by atoms with Gasteiger partial charge in [0.2, 0.25) is 0 Å². The van der Waals surface area contributed by atoms with Gasteiger partial charge in [0.15, 0.2) is 0 Å². The van der Waals surface area contributed by atoms with Crippen molar-refractivity contribution in [1.82, 2.24) is 10.2 Å². The Morgan fingerprint density at radius 3 is 2.39 bits per heavy atom. The zero-order chi connectivity index (χ0) is 13.3. The fourth-order valence-electron chi connectivity index (χ4n) is 1.71. The number of nitrogens with zero attached hydrogens (tertiary/aromatic N) is 2. The van der Waals surface area contributed by atoms with Crippen molar-refractivity contribution in [2.45, 2.75) is 20.8 Å². The summed E-state index contributed by atoms with van der Waals surface area (Å²) >= 11 is 0. The largest absolute Gasteiger partial charge is 0.478 e. The van der Waals surface area contributed by atoms with Gasteiger partial charge in [-0.1, -0.05) is 12.1 Å². The van der Waals surface area contributed by atoms with Crippen LogP contribution in [0.5, 0.6) is 0 Å². The third-order valence-electron chi connectivity index (χ3n) is 3.01. The highest BCUT2D eigenvalue weighted by molar-refractivity contribution is 5.89. The predicted octanol–water partition coefficient (Wildman–Crippen LogP) is 2.77. The van der Waals surface area contributed by atoms with E-state index >= 15 is 0 Å². The monoisotopic (exact) mass is 242 g/mol. The normalized spacial score (nSPS) is 10.4. The van der Waals surface area contributed by atoms with Crippen molar-refractivity contribution in [3.63, 3.8) is 0 Å². The minimum Gasteiger partial charge on any atom is -0.478 e. The lowest BCUT2D eigenvalue weighted by atomic mass is 10.0. The fraction of sp³-hybridized carbons (Fsp3) is 0.214. The molecule has 0 atom stereocenters. The van der Waals surface area contributed by atoms with E-state index in [2.05, 4.69) is 10.2 Å². The first-order chi connectivity index (χ1) is 8.49. The Labute approximate surface area is 105 Å². The van der Waals surface area contributed by atoms with E-state index in [1.807, 2.05) is 32.0 Å². The Bertz CT molecular complexity index is 621. The van der Waals surface area contributed by atoms with Crippen molar-refractivity contribution < 1.29 is 9.90 Å². The topological polar surface area (TPSA) is 63.1 Å². The first kappa shape index (κ1) is 12.2. The molecular weight excluding hydrogens is 228 g/mol. The van der Waals surface area contributed by atoms with Crippen molar-refractivity contribution >= 4 is 5.97 Å². The summed E-state index contributed by atoms with van der Waals surface area (Å²) in [6.07, 6.45) is 0. The van der Waals surface area contributed by atoms with Gasteiger partial charge in [-0.2, -0.15) is 10.2 Å². The molecule has 0 aliphatic carbocycles. The number of rotatable bonds is 2. The van der Waals surface area contributed by atoms with Gasteiger partial charge in [-0.3, -0.25) is 0 Å². The van der Waals surface area contributed by atoms with E-state index in [0.29, 0.717) is 11.4 Å². The average molecular weight is 242 g/mol. The van der Waals surface area contributed by atoms with Crippen LogP contribution in [-0.2, 0) is 0 Å². The summed E-state index contributed by atoms with van der Waals surface area (Å²) in [4.78, 5) is 11.1. The molecule has 0 unspecified atom stereocenters. The maximum Gasteiger partial charge on any atom is 0.337 e. The summed E-state index contributed by atoms with van der Waals surface area (Å²) in [5.74, 6) is -0.979. The molecule has 92 valence electrons. The Balaban J connectivity index is 2.54. The lowest BCUT2D eigenvalue weighted by Gasteiger charge is -2.06. The molecule has 0 aliphatic heterocycles. The number of benzene rings is 1. The minimum absolute atomic E-state index is 0.193. The molecule has 1 aromatic carbocycles. The van der Waals surface area contributed by atoms with Crippen LogP contribution in [0.3, 0.4) is 0 Å².